The maximum absolute atomic E-state index is 13.0. The minimum atomic E-state index is -0.215. The van der Waals surface area contributed by atoms with Crippen LogP contribution in [0.25, 0.3) is 22.0 Å². The van der Waals surface area contributed by atoms with Crippen LogP contribution in [-0.4, -0.2) is 4.98 Å². The molecule has 0 bridgehead atoms. The topological polar surface area (TPSA) is 12.9 Å². The zero-order chi connectivity index (χ0) is 12.5. The van der Waals surface area contributed by atoms with Crippen LogP contribution in [0.5, 0.6) is 0 Å². The first-order valence-electron chi connectivity index (χ1n) is 5.86. The highest BCUT2D eigenvalue weighted by Gasteiger charge is 2.06. The average molecular weight is 237 g/mol. The molecule has 0 spiro atoms. The van der Waals surface area contributed by atoms with Crippen molar-refractivity contribution < 1.29 is 4.39 Å². The highest BCUT2D eigenvalue weighted by Crippen LogP contribution is 2.29. The SMILES string of the molecule is Cc1ccc(-c2ccc(F)cc2)c2cccnc12. The summed E-state index contributed by atoms with van der Waals surface area (Å²) in [6.45, 7) is 2.05. The van der Waals surface area contributed by atoms with E-state index in [0.29, 0.717) is 0 Å². The highest BCUT2D eigenvalue weighted by molar-refractivity contribution is 5.96. The molecule has 0 saturated heterocycles. The van der Waals surface area contributed by atoms with Crippen LogP contribution in [0.15, 0.2) is 54.7 Å². The molecule has 0 fully saturated rings. The molecular weight excluding hydrogens is 225 g/mol. The van der Waals surface area contributed by atoms with Crippen molar-refractivity contribution in [2.24, 2.45) is 0 Å². The Morgan fingerprint density at radius 2 is 1.72 bits per heavy atom. The van der Waals surface area contributed by atoms with Crippen molar-refractivity contribution in [3.63, 3.8) is 0 Å². The van der Waals surface area contributed by atoms with E-state index in [-0.39, 0.29) is 5.82 Å². The average Bonchev–Trinajstić information content (AvgIpc) is 2.41. The van der Waals surface area contributed by atoms with Gasteiger partial charge in [-0.15, -0.1) is 0 Å². The van der Waals surface area contributed by atoms with Crippen molar-refractivity contribution in [1.82, 2.24) is 4.98 Å². The largest absolute Gasteiger partial charge is 0.256 e. The van der Waals surface area contributed by atoms with Gasteiger partial charge in [0.15, 0.2) is 0 Å². The number of nitrogens with zero attached hydrogens (tertiary/aromatic N) is 1. The van der Waals surface area contributed by atoms with E-state index in [4.69, 9.17) is 0 Å². The Labute approximate surface area is 105 Å². The van der Waals surface area contributed by atoms with E-state index < -0.39 is 0 Å². The summed E-state index contributed by atoms with van der Waals surface area (Å²) in [7, 11) is 0. The minimum absolute atomic E-state index is 0.215. The molecule has 1 heterocycles. The number of hydrogen-bond acceptors (Lipinski definition) is 1. The van der Waals surface area contributed by atoms with Gasteiger partial charge in [0.05, 0.1) is 5.52 Å². The molecule has 2 heteroatoms. The summed E-state index contributed by atoms with van der Waals surface area (Å²) < 4.78 is 13.0. The fourth-order valence-electron chi connectivity index (χ4n) is 2.20. The predicted molar refractivity (Wildman–Crippen MR) is 71.9 cm³/mol. The van der Waals surface area contributed by atoms with Crippen LogP contribution < -0.4 is 0 Å². The van der Waals surface area contributed by atoms with Crippen molar-refractivity contribution in [2.75, 3.05) is 0 Å². The van der Waals surface area contributed by atoms with E-state index in [1.54, 1.807) is 18.3 Å². The fraction of sp³-hybridized carbons (Fsp3) is 0.0625. The quantitative estimate of drug-likeness (QED) is 0.613. The smallest absolute Gasteiger partial charge is 0.123 e. The van der Waals surface area contributed by atoms with Crippen molar-refractivity contribution in [1.29, 1.82) is 0 Å². The molecular formula is C16H12FN. The first-order chi connectivity index (χ1) is 8.75. The molecule has 0 aliphatic rings. The number of fused-ring (bicyclic) bond motifs is 1. The molecule has 88 valence electrons. The third-order valence-corrected chi connectivity index (χ3v) is 3.13. The summed E-state index contributed by atoms with van der Waals surface area (Å²) in [5.41, 5.74) is 4.24. The lowest BCUT2D eigenvalue weighted by Gasteiger charge is -2.08. The van der Waals surface area contributed by atoms with Crippen LogP contribution in [0.2, 0.25) is 0 Å². The van der Waals surface area contributed by atoms with Crippen LogP contribution in [0.3, 0.4) is 0 Å². The van der Waals surface area contributed by atoms with Crippen molar-refractivity contribution >= 4 is 10.9 Å². The van der Waals surface area contributed by atoms with Gasteiger partial charge in [-0.2, -0.15) is 0 Å². The first-order valence-corrected chi connectivity index (χ1v) is 5.86. The monoisotopic (exact) mass is 237 g/mol. The summed E-state index contributed by atoms with van der Waals surface area (Å²) in [6, 6.07) is 14.6. The van der Waals surface area contributed by atoms with E-state index in [9.17, 15) is 4.39 Å². The summed E-state index contributed by atoms with van der Waals surface area (Å²) in [6.07, 6.45) is 1.80. The summed E-state index contributed by atoms with van der Waals surface area (Å²) in [5, 5.41) is 1.10. The molecule has 0 atom stereocenters. The van der Waals surface area contributed by atoms with Gasteiger partial charge < -0.3 is 0 Å². The second-order valence-corrected chi connectivity index (χ2v) is 4.34. The Bertz CT molecular complexity index is 702. The Morgan fingerprint density at radius 1 is 0.944 bits per heavy atom. The predicted octanol–water partition coefficient (Wildman–Crippen LogP) is 4.35. The maximum Gasteiger partial charge on any atom is 0.123 e. The standard InChI is InChI=1S/C16H12FN/c1-11-4-9-14(12-5-7-13(17)8-6-12)15-3-2-10-18-16(11)15/h2-10H,1H3. The number of benzene rings is 2. The van der Waals surface area contributed by atoms with Gasteiger partial charge in [-0.05, 0) is 41.8 Å². The second-order valence-electron chi connectivity index (χ2n) is 4.34. The molecule has 1 nitrogen and oxygen atoms in total. The van der Waals surface area contributed by atoms with Gasteiger partial charge in [0, 0.05) is 11.6 Å². The van der Waals surface area contributed by atoms with Gasteiger partial charge in [-0.25, -0.2) is 4.39 Å². The van der Waals surface area contributed by atoms with E-state index in [2.05, 4.69) is 11.1 Å². The van der Waals surface area contributed by atoms with Crippen LogP contribution in [0.4, 0.5) is 4.39 Å². The number of aromatic nitrogens is 1. The zero-order valence-electron chi connectivity index (χ0n) is 10.0. The molecule has 0 aliphatic carbocycles. The molecule has 0 radical (unpaired) electrons. The molecule has 3 rings (SSSR count). The third kappa shape index (κ3) is 1.76. The Hall–Kier alpha value is -2.22. The molecule has 18 heavy (non-hydrogen) atoms. The van der Waals surface area contributed by atoms with Crippen molar-refractivity contribution in [3.8, 4) is 11.1 Å². The summed E-state index contributed by atoms with van der Waals surface area (Å²) in [5.74, 6) is -0.215. The highest BCUT2D eigenvalue weighted by atomic mass is 19.1. The Morgan fingerprint density at radius 3 is 2.50 bits per heavy atom. The molecule has 3 aromatic rings. The van der Waals surface area contributed by atoms with Gasteiger partial charge in [0.1, 0.15) is 5.82 Å². The van der Waals surface area contributed by atoms with Gasteiger partial charge in [-0.3, -0.25) is 4.98 Å². The molecule has 2 aromatic carbocycles. The van der Waals surface area contributed by atoms with Gasteiger partial charge in [0.25, 0.3) is 0 Å². The fourth-order valence-corrected chi connectivity index (χ4v) is 2.20. The molecule has 0 N–H and O–H groups in total. The number of hydrogen-bond donors (Lipinski definition) is 0. The molecule has 0 saturated carbocycles. The lowest BCUT2D eigenvalue weighted by molar-refractivity contribution is 0.628. The number of halogens is 1. The summed E-state index contributed by atoms with van der Waals surface area (Å²) in [4.78, 5) is 4.41. The minimum Gasteiger partial charge on any atom is -0.256 e. The van der Waals surface area contributed by atoms with Gasteiger partial charge in [0.2, 0.25) is 0 Å². The molecule has 0 unspecified atom stereocenters. The number of aryl methyl sites for hydroxylation is 1. The van der Waals surface area contributed by atoms with Crippen LogP contribution in [-0.2, 0) is 0 Å². The lowest BCUT2D eigenvalue weighted by atomic mass is 9.98. The molecule has 1 aromatic heterocycles. The van der Waals surface area contributed by atoms with E-state index >= 15 is 0 Å². The van der Waals surface area contributed by atoms with Gasteiger partial charge in [-0.1, -0.05) is 30.3 Å². The second kappa shape index (κ2) is 4.22. The Balaban J connectivity index is 2.30. The number of rotatable bonds is 1. The van der Waals surface area contributed by atoms with E-state index in [0.717, 1.165) is 27.6 Å². The number of pyridine rings is 1. The Kier molecular flexibility index (Phi) is 2.56. The van der Waals surface area contributed by atoms with Crippen molar-refractivity contribution in [2.45, 2.75) is 6.92 Å². The van der Waals surface area contributed by atoms with E-state index in [1.165, 1.54) is 12.1 Å². The van der Waals surface area contributed by atoms with E-state index in [1.807, 2.05) is 25.1 Å². The van der Waals surface area contributed by atoms with Crippen molar-refractivity contribution in [3.05, 3.63) is 66.1 Å². The third-order valence-electron chi connectivity index (χ3n) is 3.13. The first kappa shape index (κ1) is 10.9. The van der Waals surface area contributed by atoms with Crippen LogP contribution in [0.1, 0.15) is 5.56 Å². The van der Waals surface area contributed by atoms with Crippen LogP contribution >= 0.6 is 0 Å². The summed E-state index contributed by atoms with van der Waals surface area (Å²) >= 11 is 0. The van der Waals surface area contributed by atoms with Crippen LogP contribution in [0, 0.1) is 12.7 Å². The van der Waals surface area contributed by atoms with Gasteiger partial charge >= 0.3 is 0 Å². The normalized spacial score (nSPS) is 10.8. The zero-order valence-corrected chi connectivity index (χ0v) is 10.0. The molecule has 0 amide bonds. The molecule has 0 aliphatic heterocycles. The maximum atomic E-state index is 13.0. The lowest BCUT2D eigenvalue weighted by Crippen LogP contribution is -1.87.